The Hall–Kier alpha value is -1.21. The SMILES string of the molecule is CN(C)CC1(CNc2c(Br)cncc2[N+](=O)[O-])CCCC1. The molecule has 0 atom stereocenters. The van der Waals surface area contributed by atoms with Gasteiger partial charge in [-0.3, -0.25) is 15.1 Å². The van der Waals surface area contributed by atoms with Crippen molar-refractivity contribution < 1.29 is 4.92 Å². The molecule has 2 rings (SSSR count). The molecule has 1 aliphatic carbocycles. The van der Waals surface area contributed by atoms with Gasteiger partial charge in [-0.25, -0.2) is 0 Å². The third-order valence-electron chi connectivity index (χ3n) is 4.03. The van der Waals surface area contributed by atoms with Crippen LogP contribution in [0.3, 0.4) is 0 Å². The Balaban J connectivity index is 2.16. The smallest absolute Gasteiger partial charge is 0.311 e. The number of rotatable bonds is 6. The zero-order valence-corrected chi connectivity index (χ0v) is 14.0. The summed E-state index contributed by atoms with van der Waals surface area (Å²) in [5.41, 5.74) is 0.738. The summed E-state index contributed by atoms with van der Waals surface area (Å²) in [6.45, 7) is 1.74. The Labute approximate surface area is 133 Å². The van der Waals surface area contributed by atoms with Crippen LogP contribution in [0.5, 0.6) is 0 Å². The van der Waals surface area contributed by atoms with Crippen molar-refractivity contribution in [2.24, 2.45) is 5.41 Å². The first-order valence-electron chi connectivity index (χ1n) is 7.10. The van der Waals surface area contributed by atoms with Crippen molar-refractivity contribution in [1.82, 2.24) is 9.88 Å². The fourth-order valence-corrected chi connectivity index (χ4v) is 3.66. The van der Waals surface area contributed by atoms with Gasteiger partial charge in [-0.1, -0.05) is 12.8 Å². The predicted octanol–water partition coefficient (Wildman–Crippen LogP) is 3.29. The van der Waals surface area contributed by atoms with Crippen molar-refractivity contribution in [2.75, 3.05) is 32.5 Å². The second-order valence-corrected chi connectivity index (χ2v) is 6.93. The fraction of sp³-hybridized carbons (Fsp3) is 0.643. The molecule has 0 aromatic carbocycles. The average molecular weight is 357 g/mol. The van der Waals surface area contributed by atoms with E-state index in [0.717, 1.165) is 25.9 Å². The molecule has 0 bridgehead atoms. The first-order valence-corrected chi connectivity index (χ1v) is 7.89. The Morgan fingerprint density at radius 2 is 2.10 bits per heavy atom. The van der Waals surface area contributed by atoms with Gasteiger partial charge < -0.3 is 10.2 Å². The summed E-state index contributed by atoms with van der Waals surface area (Å²) in [5, 5.41) is 14.4. The minimum Gasteiger partial charge on any atom is -0.378 e. The Morgan fingerprint density at radius 1 is 1.43 bits per heavy atom. The van der Waals surface area contributed by atoms with E-state index in [-0.39, 0.29) is 11.1 Å². The van der Waals surface area contributed by atoms with E-state index in [2.05, 4.69) is 45.2 Å². The van der Waals surface area contributed by atoms with Crippen LogP contribution in [0.1, 0.15) is 25.7 Å². The number of pyridine rings is 1. The molecule has 1 heterocycles. The molecule has 1 aliphatic rings. The van der Waals surface area contributed by atoms with Gasteiger partial charge in [0, 0.05) is 24.7 Å². The summed E-state index contributed by atoms with van der Waals surface area (Å²) in [6, 6.07) is 0. The van der Waals surface area contributed by atoms with E-state index in [1.807, 2.05) is 0 Å². The van der Waals surface area contributed by atoms with Gasteiger partial charge in [-0.2, -0.15) is 0 Å². The van der Waals surface area contributed by atoms with Gasteiger partial charge in [-0.05, 0) is 42.9 Å². The fourth-order valence-electron chi connectivity index (χ4n) is 3.20. The zero-order chi connectivity index (χ0) is 15.5. The third-order valence-corrected chi connectivity index (χ3v) is 4.63. The number of hydrogen-bond acceptors (Lipinski definition) is 5. The van der Waals surface area contributed by atoms with E-state index >= 15 is 0 Å². The molecule has 0 aliphatic heterocycles. The summed E-state index contributed by atoms with van der Waals surface area (Å²) in [4.78, 5) is 16.8. The normalized spacial score (nSPS) is 17.1. The number of hydrogen-bond donors (Lipinski definition) is 1. The van der Waals surface area contributed by atoms with Crippen molar-refractivity contribution in [3.8, 4) is 0 Å². The van der Waals surface area contributed by atoms with Crippen molar-refractivity contribution in [3.05, 3.63) is 27.0 Å². The van der Waals surface area contributed by atoms with E-state index < -0.39 is 4.92 Å². The summed E-state index contributed by atoms with van der Waals surface area (Å²) in [6.07, 6.45) is 7.66. The molecule has 116 valence electrons. The van der Waals surface area contributed by atoms with Crippen LogP contribution in [0.25, 0.3) is 0 Å². The molecule has 7 heteroatoms. The van der Waals surface area contributed by atoms with Crippen LogP contribution in [0.4, 0.5) is 11.4 Å². The van der Waals surface area contributed by atoms with Gasteiger partial charge in [0.05, 0.1) is 9.40 Å². The second-order valence-electron chi connectivity index (χ2n) is 6.07. The highest BCUT2D eigenvalue weighted by Gasteiger charge is 2.35. The topological polar surface area (TPSA) is 71.3 Å². The Morgan fingerprint density at radius 3 is 2.67 bits per heavy atom. The van der Waals surface area contributed by atoms with Gasteiger partial charge in [0.25, 0.3) is 0 Å². The van der Waals surface area contributed by atoms with Crippen LogP contribution in [-0.2, 0) is 0 Å². The van der Waals surface area contributed by atoms with E-state index in [9.17, 15) is 10.1 Å². The average Bonchev–Trinajstić information content (AvgIpc) is 2.85. The number of nitrogens with zero attached hydrogens (tertiary/aromatic N) is 3. The monoisotopic (exact) mass is 356 g/mol. The second kappa shape index (κ2) is 6.70. The first kappa shape index (κ1) is 16.2. The van der Waals surface area contributed by atoms with Crippen LogP contribution < -0.4 is 5.32 Å². The van der Waals surface area contributed by atoms with Crippen LogP contribution in [0.15, 0.2) is 16.9 Å². The van der Waals surface area contributed by atoms with Gasteiger partial charge in [0.15, 0.2) is 0 Å². The van der Waals surface area contributed by atoms with E-state index in [1.54, 1.807) is 6.20 Å². The van der Waals surface area contributed by atoms with Crippen LogP contribution in [0, 0.1) is 15.5 Å². The molecule has 1 N–H and O–H groups in total. The van der Waals surface area contributed by atoms with Crippen molar-refractivity contribution in [2.45, 2.75) is 25.7 Å². The van der Waals surface area contributed by atoms with Crippen LogP contribution in [-0.4, -0.2) is 42.0 Å². The lowest BCUT2D eigenvalue weighted by Crippen LogP contribution is -2.37. The van der Waals surface area contributed by atoms with Gasteiger partial charge >= 0.3 is 5.69 Å². The third kappa shape index (κ3) is 3.91. The summed E-state index contributed by atoms with van der Waals surface area (Å²) < 4.78 is 0.634. The molecule has 0 radical (unpaired) electrons. The van der Waals surface area contributed by atoms with E-state index in [0.29, 0.717) is 10.2 Å². The van der Waals surface area contributed by atoms with Gasteiger partial charge in [0.2, 0.25) is 0 Å². The molecule has 0 spiro atoms. The Bertz CT molecular complexity index is 516. The van der Waals surface area contributed by atoms with E-state index in [1.165, 1.54) is 19.0 Å². The van der Waals surface area contributed by atoms with Gasteiger partial charge in [-0.15, -0.1) is 0 Å². The molecule has 1 aromatic heterocycles. The number of halogens is 1. The maximum Gasteiger partial charge on any atom is 0.311 e. The molecule has 1 aromatic rings. The lowest BCUT2D eigenvalue weighted by molar-refractivity contribution is -0.384. The molecule has 0 saturated heterocycles. The number of nitro groups is 1. The number of aromatic nitrogens is 1. The van der Waals surface area contributed by atoms with Crippen molar-refractivity contribution in [3.63, 3.8) is 0 Å². The van der Waals surface area contributed by atoms with Crippen LogP contribution in [0.2, 0.25) is 0 Å². The quantitative estimate of drug-likeness (QED) is 0.625. The molecular weight excluding hydrogens is 336 g/mol. The summed E-state index contributed by atoms with van der Waals surface area (Å²) in [5.74, 6) is 0. The molecule has 21 heavy (non-hydrogen) atoms. The largest absolute Gasteiger partial charge is 0.378 e. The van der Waals surface area contributed by atoms with Gasteiger partial charge in [0.1, 0.15) is 11.9 Å². The first-order chi connectivity index (χ1) is 9.93. The number of anilines is 1. The maximum atomic E-state index is 11.1. The number of nitrogens with one attached hydrogen (secondary N) is 1. The molecular formula is C14H21BrN4O2. The minimum atomic E-state index is -0.395. The highest BCUT2D eigenvalue weighted by Crippen LogP contribution is 2.40. The minimum absolute atomic E-state index is 0.0161. The molecule has 6 nitrogen and oxygen atoms in total. The van der Waals surface area contributed by atoms with Crippen molar-refractivity contribution >= 4 is 27.3 Å². The van der Waals surface area contributed by atoms with Crippen molar-refractivity contribution in [1.29, 1.82) is 0 Å². The van der Waals surface area contributed by atoms with Crippen LogP contribution >= 0.6 is 15.9 Å². The highest BCUT2D eigenvalue weighted by molar-refractivity contribution is 9.10. The zero-order valence-electron chi connectivity index (χ0n) is 12.4. The maximum absolute atomic E-state index is 11.1. The van der Waals surface area contributed by atoms with E-state index in [4.69, 9.17) is 0 Å². The molecule has 1 saturated carbocycles. The highest BCUT2D eigenvalue weighted by atomic mass is 79.9. The summed E-state index contributed by atoms with van der Waals surface area (Å²) in [7, 11) is 4.15. The lowest BCUT2D eigenvalue weighted by Gasteiger charge is -2.32. The molecule has 0 unspecified atom stereocenters. The Kier molecular flexibility index (Phi) is 5.16. The molecule has 0 amide bonds. The standard InChI is InChI=1S/C14H21BrN4O2/c1-18(2)10-14(5-3-4-6-14)9-17-13-11(15)7-16-8-12(13)19(20)21/h7-8H,3-6,9-10H2,1-2H3,(H,16,17). The lowest BCUT2D eigenvalue weighted by atomic mass is 9.85. The summed E-state index contributed by atoms with van der Waals surface area (Å²) >= 11 is 3.35. The predicted molar refractivity (Wildman–Crippen MR) is 86.5 cm³/mol. The molecule has 1 fully saturated rings.